The van der Waals surface area contributed by atoms with Gasteiger partial charge in [-0.05, 0) is 55.4 Å². The summed E-state index contributed by atoms with van der Waals surface area (Å²) in [5.41, 5.74) is 6.38. The van der Waals surface area contributed by atoms with Crippen LogP contribution in [0.3, 0.4) is 0 Å². The number of nitrogens with two attached hydrogens (primary N) is 1. The molecule has 0 heterocycles. The van der Waals surface area contributed by atoms with Crippen molar-refractivity contribution in [2.24, 2.45) is 11.1 Å². The predicted molar refractivity (Wildman–Crippen MR) is 78.9 cm³/mol. The van der Waals surface area contributed by atoms with Gasteiger partial charge in [-0.2, -0.15) is 0 Å². The average molecular weight is 278 g/mol. The second-order valence-corrected chi connectivity index (χ2v) is 6.78. The number of hydrogen-bond donors (Lipinski definition) is 2. The number of benzene rings is 1. The van der Waals surface area contributed by atoms with Crippen LogP contribution in [0.1, 0.15) is 45.1 Å². The molecule has 1 aliphatic carbocycles. The van der Waals surface area contributed by atoms with Crippen LogP contribution in [-0.2, 0) is 4.79 Å². The van der Waals surface area contributed by atoms with Gasteiger partial charge in [0.05, 0.1) is 0 Å². The van der Waals surface area contributed by atoms with Crippen molar-refractivity contribution >= 4 is 11.6 Å². The van der Waals surface area contributed by atoms with E-state index in [-0.39, 0.29) is 17.1 Å². The number of hydrogen-bond acceptors (Lipinski definition) is 2. The van der Waals surface area contributed by atoms with Crippen molar-refractivity contribution in [3.63, 3.8) is 0 Å². The number of carbonyl (C=O) groups excluding carboxylic acids is 1. The Kier molecular flexibility index (Phi) is 3.76. The number of aryl methyl sites for hydroxylation is 1. The van der Waals surface area contributed by atoms with Gasteiger partial charge in [-0.25, -0.2) is 4.39 Å². The van der Waals surface area contributed by atoms with Crippen LogP contribution >= 0.6 is 0 Å². The maximum absolute atomic E-state index is 13.5. The van der Waals surface area contributed by atoms with Gasteiger partial charge in [-0.15, -0.1) is 0 Å². The summed E-state index contributed by atoms with van der Waals surface area (Å²) in [5.74, 6) is -0.658. The van der Waals surface area contributed by atoms with Crippen LogP contribution in [0.15, 0.2) is 18.2 Å². The Bertz CT molecular complexity index is 507. The van der Waals surface area contributed by atoms with Crippen molar-refractivity contribution in [1.29, 1.82) is 0 Å². The lowest BCUT2D eigenvalue weighted by Gasteiger charge is -2.44. The highest BCUT2D eigenvalue weighted by molar-refractivity contribution is 5.88. The maximum Gasteiger partial charge on any atom is 0.243 e. The highest BCUT2D eigenvalue weighted by atomic mass is 19.1. The van der Waals surface area contributed by atoms with Crippen molar-refractivity contribution in [1.82, 2.24) is 0 Å². The van der Waals surface area contributed by atoms with Crippen molar-refractivity contribution in [2.75, 3.05) is 5.32 Å². The van der Waals surface area contributed by atoms with Crippen molar-refractivity contribution in [3.8, 4) is 0 Å². The summed E-state index contributed by atoms with van der Waals surface area (Å²) in [5, 5.41) is 3.22. The molecule has 110 valence electrons. The fourth-order valence-electron chi connectivity index (χ4n) is 3.33. The number of carbonyl (C=O) groups is 1. The normalized spacial score (nSPS) is 25.2. The molecule has 4 heteroatoms. The van der Waals surface area contributed by atoms with E-state index in [1.54, 1.807) is 0 Å². The lowest BCUT2D eigenvalue weighted by Crippen LogP contribution is -2.55. The second-order valence-electron chi connectivity index (χ2n) is 6.78. The van der Waals surface area contributed by atoms with E-state index in [1.807, 2.05) is 13.0 Å². The van der Waals surface area contributed by atoms with E-state index in [0.717, 1.165) is 18.4 Å². The number of nitrogens with one attached hydrogen (secondary N) is 1. The summed E-state index contributed by atoms with van der Waals surface area (Å²) in [6.07, 6.45) is 3.38. The number of amides is 1. The molecule has 3 N–H and O–H groups in total. The smallest absolute Gasteiger partial charge is 0.243 e. The van der Waals surface area contributed by atoms with Gasteiger partial charge in [0.1, 0.15) is 11.4 Å². The molecular formula is C16H23FN2O. The van der Waals surface area contributed by atoms with Crippen LogP contribution in [0.5, 0.6) is 0 Å². The summed E-state index contributed by atoms with van der Waals surface area (Å²) in [4.78, 5) is 12.0. The molecule has 3 nitrogen and oxygen atoms in total. The minimum atomic E-state index is -0.776. The molecule has 1 unspecified atom stereocenters. The molecule has 20 heavy (non-hydrogen) atoms. The lowest BCUT2D eigenvalue weighted by atomic mass is 9.67. The number of anilines is 1. The van der Waals surface area contributed by atoms with Crippen LogP contribution in [0.2, 0.25) is 0 Å². The highest BCUT2D eigenvalue weighted by Crippen LogP contribution is 2.42. The number of halogens is 1. The summed E-state index contributed by atoms with van der Waals surface area (Å²) >= 11 is 0. The van der Waals surface area contributed by atoms with E-state index < -0.39 is 5.54 Å². The molecule has 0 bridgehead atoms. The molecular weight excluding hydrogens is 255 g/mol. The average Bonchev–Trinajstić information content (AvgIpc) is 2.25. The topological polar surface area (TPSA) is 55.1 Å². The molecule has 0 radical (unpaired) electrons. The third kappa shape index (κ3) is 3.11. The molecule has 1 saturated carbocycles. The third-order valence-electron chi connectivity index (χ3n) is 4.13. The monoisotopic (exact) mass is 278 g/mol. The van der Waals surface area contributed by atoms with E-state index in [2.05, 4.69) is 19.2 Å². The lowest BCUT2D eigenvalue weighted by molar-refractivity contribution is -0.124. The predicted octanol–water partition coefficient (Wildman–Crippen LogP) is 3.37. The Morgan fingerprint density at radius 1 is 1.30 bits per heavy atom. The maximum atomic E-state index is 13.5. The molecule has 1 aliphatic rings. The molecule has 0 saturated heterocycles. The van der Waals surface area contributed by atoms with Crippen molar-refractivity contribution < 1.29 is 9.18 Å². The molecule has 1 atom stereocenters. The Hall–Kier alpha value is -1.58. The van der Waals surface area contributed by atoms with Crippen LogP contribution in [0.25, 0.3) is 0 Å². The summed E-state index contributed by atoms with van der Waals surface area (Å²) in [6.45, 7) is 6.11. The van der Waals surface area contributed by atoms with Gasteiger partial charge in [0.15, 0.2) is 0 Å². The minimum Gasteiger partial charge on any atom is -0.371 e. The van der Waals surface area contributed by atoms with Crippen molar-refractivity contribution in [2.45, 2.75) is 52.0 Å². The fraction of sp³-hybridized carbons (Fsp3) is 0.562. The largest absolute Gasteiger partial charge is 0.371 e. The van der Waals surface area contributed by atoms with E-state index in [1.165, 1.54) is 12.1 Å². The minimum absolute atomic E-state index is 0.0582. The van der Waals surface area contributed by atoms with Crippen molar-refractivity contribution in [3.05, 3.63) is 29.6 Å². The summed E-state index contributed by atoms with van der Waals surface area (Å²) < 4.78 is 13.5. The Morgan fingerprint density at radius 2 is 2.00 bits per heavy atom. The van der Waals surface area contributed by atoms with E-state index in [9.17, 15) is 9.18 Å². The summed E-state index contributed by atoms with van der Waals surface area (Å²) in [6, 6.07) is 4.72. The first kappa shape index (κ1) is 14.8. The van der Waals surface area contributed by atoms with Gasteiger partial charge in [0.2, 0.25) is 5.91 Å². The molecule has 0 aliphatic heterocycles. The Morgan fingerprint density at radius 3 is 2.55 bits per heavy atom. The first-order valence-electron chi connectivity index (χ1n) is 7.08. The summed E-state index contributed by atoms with van der Waals surface area (Å²) in [7, 11) is 0. The van der Waals surface area contributed by atoms with Gasteiger partial charge in [-0.3, -0.25) is 4.79 Å². The Labute approximate surface area is 119 Å². The van der Waals surface area contributed by atoms with Gasteiger partial charge in [0, 0.05) is 5.69 Å². The van der Waals surface area contributed by atoms with Gasteiger partial charge >= 0.3 is 0 Å². The van der Waals surface area contributed by atoms with Gasteiger partial charge < -0.3 is 11.1 Å². The Balaban J connectivity index is 2.32. The molecule has 1 aromatic carbocycles. The highest BCUT2D eigenvalue weighted by Gasteiger charge is 2.44. The molecule has 1 fully saturated rings. The number of primary amides is 1. The first-order chi connectivity index (χ1) is 9.22. The zero-order chi connectivity index (χ0) is 15.0. The SMILES string of the molecule is Cc1cc(F)cc(NC2(C(N)=O)CCCC(C)(C)C2)c1. The zero-order valence-corrected chi connectivity index (χ0v) is 12.4. The second kappa shape index (κ2) is 5.08. The van der Waals surface area contributed by atoms with E-state index in [4.69, 9.17) is 5.73 Å². The van der Waals surface area contributed by atoms with Crippen LogP contribution in [-0.4, -0.2) is 11.4 Å². The molecule has 1 amide bonds. The molecule has 0 spiro atoms. The van der Waals surface area contributed by atoms with Crippen LogP contribution in [0, 0.1) is 18.2 Å². The standard InChI is InChI=1S/C16H23FN2O/c1-11-7-12(17)9-13(8-11)19-16(14(18)20)6-4-5-15(2,3)10-16/h7-9,19H,4-6,10H2,1-3H3,(H2,18,20). The van der Waals surface area contributed by atoms with Crippen LogP contribution < -0.4 is 11.1 Å². The first-order valence-corrected chi connectivity index (χ1v) is 7.08. The van der Waals surface area contributed by atoms with E-state index >= 15 is 0 Å². The molecule has 1 aromatic rings. The van der Waals surface area contributed by atoms with Crippen LogP contribution in [0.4, 0.5) is 10.1 Å². The number of rotatable bonds is 3. The van der Waals surface area contributed by atoms with Gasteiger partial charge in [0.25, 0.3) is 0 Å². The fourth-order valence-corrected chi connectivity index (χ4v) is 3.33. The van der Waals surface area contributed by atoms with Gasteiger partial charge in [-0.1, -0.05) is 20.3 Å². The van der Waals surface area contributed by atoms with E-state index in [0.29, 0.717) is 18.5 Å². The zero-order valence-electron chi connectivity index (χ0n) is 12.4. The molecule has 0 aromatic heterocycles. The third-order valence-corrected chi connectivity index (χ3v) is 4.13. The molecule has 2 rings (SSSR count). The quantitative estimate of drug-likeness (QED) is 0.890.